The zero-order chi connectivity index (χ0) is 18.3. The van der Waals surface area contributed by atoms with Crippen molar-refractivity contribution in [2.75, 3.05) is 19.8 Å². The summed E-state index contributed by atoms with van der Waals surface area (Å²) in [5.74, 6) is 0.685. The zero-order valence-corrected chi connectivity index (χ0v) is 16.5. The molecular formula is C20H37FO2. The number of rotatable bonds is 10. The first-order valence-corrected chi connectivity index (χ1v) is 8.56. The number of ether oxygens (including phenoxy) is 2. The highest BCUT2D eigenvalue weighted by Crippen LogP contribution is 2.25. The molecule has 0 saturated carbocycles. The Balaban J connectivity index is 4.40. The summed E-state index contributed by atoms with van der Waals surface area (Å²) in [5, 5.41) is 0. The summed E-state index contributed by atoms with van der Waals surface area (Å²) >= 11 is 0. The second kappa shape index (κ2) is 9.46. The number of hydrogen-bond acceptors (Lipinski definition) is 2. The third-order valence-electron chi connectivity index (χ3n) is 3.51. The van der Waals surface area contributed by atoms with E-state index in [1.54, 1.807) is 6.08 Å². The standard InChI is InChI=1S/C20H37FO2/c1-10-18(17(21)11-16(4)15(2)3)23-14-20(8,9)13-22-12-19(5,6)7/h10,15,17H,4,11-14H2,1-3,5-9H3/b18-10+. The lowest BCUT2D eigenvalue weighted by Gasteiger charge is -2.28. The van der Waals surface area contributed by atoms with Crippen molar-refractivity contribution in [3.05, 3.63) is 24.0 Å². The molecule has 0 heterocycles. The lowest BCUT2D eigenvalue weighted by atomic mass is 9.95. The number of hydrogen-bond donors (Lipinski definition) is 0. The van der Waals surface area contributed by atoms with Gasteiger partial charge < -0.3 is 9.47 Å². The van der Waals surface area contributed by atoms with E-state index < -0.39 is 6.17 Å². The summed E-state index contributed by atoms with van der Waals surface area (Å²) in [4.78, 5) is 0. The molecule has 0 bridgehead atoms. The fourth-order valence-corrected chi connectivity index (χ4v) is 1.87. The first-order chi connectivity index (χ1) is 10.4. The quantitative estimate of drug-likeness (QED) is 0.365. The van der Waals surface area contributed by atoms with Gasteiger partial charge in [0.2, 0.25) is 0 Å². The summed E-state index contributed by atoms with van der Waals surface area (Å²) in [6, 6.07) is 0. The number of halogens is 1. The summed E-state index contributed by atoms with van der Waals surface area (Å²) in [7, 11) is 0. The van der Waals surface area contributed by atoms with E-state index in [9.17, 15) is 4.39 Å². The molecule has 0 amide bonds. The van der Waals surface area contributed by atoms with Crippen LogP contribution in [0.5, 0.6) is 0 Å². The van der Waals surface area contributed by atoms with E-state index in [4.69, 9.17) is 9.47 Å². The number of alkyl halides is 1. The average molecular weight is 329 g/mol. The van der Waals surface area contributed by atoms with Gasteiger partial charge in [0, 0.05) is 11.8 Å². The lowest BCUT2D eigenvalue weighted by Crippen LogP contribution is -2.28. The summed E-state index contributed by atoms with van der Waals surface area (Å²) in [6.07, 6.45) is 0.907. The Morgan fingerprint density at radius 2 is 1.65 bits per heavy atom. The molecule has 0 aromatic rings. The van der Waals surface area contributed by atoms with Crippen LogP contribution >= 0.6 is 0 Å². The van der Waals surface area contributed by atoms with E-state index in [-0.39, 0.29) is 16.7 Å². The van der Waals surface area contributed by atoms with Gasteiger partial charge in [0.15, 0.2) is 6.17 Å². The average Bonchev–Trinajstić information content (AvgIpc) is 2.37. The van der Waals surface area contributed by atoms with E-state index in [0.717, 1.165) is 5.57 Å². The minimum Gasteiger partial charge on any atom is -0.495 e. The van der Waals surface area contributed by atoms with Crippen LogP contribution in [0.4, 0.5) is 4.39 Å². The highest BCUT2D eigenvalue weighted by Gasteiger charge is 2.24. The molecule has 2 nitrogen and oxygen atoms in total. The van der Waals surface area contributed by atoms with Crippen LogP contribution in [0.1, 0.15) is 61.8 Å². The van der Waals surface area contributed by atoms with Gasteiger partial charge in [-0.25, -0.2) is 4.39 Å². The Kier molecular flexibility index (Phi) is 9.12. The van der Waals surface area contributed by atoms with Crippen LogP contribution in [0.3, 0.4) is 0 Å². The summed E-state index contributed by atoms with van der Waals surface area (Å²) < 4.78 is 25.9. The van der Waals surface area contributed by atoms with Crippen LogP contribution in [0.2, 0.25) is 0 Å². The molecule has 0 aliphatic carbocycles. The van der Waals surface area contributed by atoms with Crippen LogP contribution in [0.25, 0.3) is 0 Å². The predicted molar refractivity (Wildman–Crippen MR) is 97.3 cm³/mol. The zero-order valence-electron chi connectivity index (χ0n) is 16.5. The van der Waals surface area contributed by atoms with Gasteiger partial charge >= 0.3 is 0 Å². The molecule has 0 aromatic heterocycles. The fraction of sp³-hybridized carbons (Fsp3) is 0.800. The molecule has 1 atom stereocenters. The van der Waals surface area contributed by atoms with Crippen molar-refractivity contribution in [1.82, 2.24) is 0 Å². The van der Waals surface area contributed by atoms with Crippen LogP contribution < -0.4 is 0 Å². The largest absolute Gasteiger partial charge is 0.495 e. The second-order valence-electron chi connectivity index (χ2n) is 8.68. The SMILES string of the molecule is C=C(CC(F)/C(=C\C)OCC(C)(C)COCC(C)(C)C)C(C)C. The molecule has 0 radical (unpaired) electrons. The van der Waals surface area contributed by atoms with E-state index >= 15 is 0 Å². The maximum absolute atomic E-state index is 14.4. The topological polar surface area (TPSA) is 18.5 Å². The molecule has 0 aliphatic rings. The Hall–Kier alpha value is -0.830. The molecule has 0 aliphatic heterocycles. The molecule has 0 fully saturated rings. The Morgan fingerprint density at radius 3 is 2.09 bits per heavy atom. The first-order valence-electron chi connectivity index (χ1n) is 8.56. The van der Waals surface area contributed by atoms with Crippen molar-refractivity contribution in [2.24, 2.45) is 16.7 Å². The molecule has 23 heavy (non-hydrogen) atoms. The van der Waals surface area contributed by atoms with Gasteiger partial charge in [-0.1, -0.05) is 60.6 Å². The molecule has 0 saturated heterocycles. The monoisotopic (exact) mass is 328 g/mol. The van der Waals surface area contributed by atoms with Gasteiger partial charge in [-0.2, -0.15) is 0 Å². The third-order valence-corrected chi connectivity index (χ3v) is 3.51. The molecule has 0 spiro atoms. The Bertz CT molecular complexity index is 389. The van der Waals surface area contributed by atoms with E-state index in [0.29, 0.717) is 32.0 Å². The van der Waals surface area contributed by atoms with Gasteiger partial charge in [-0.15, -0.1) is 0 Å². The Labute approximate surface area is 143 Å². The van der Waals surface area contributed by atoms with Crippen molar-refractivity contribution in [3.8, 4) is 0 Å². The minimum absolute atomic E-state index is 0.145. The predicted octanol–water partition coefficient (Wildman–Crippen LogP) is 5.94. The summed E-state index contributed by atoms with van der Waals surface area (Å²) in [6.45, 7) is 22.1. The fourth-order valence-electron chi connectivity index (χ4n) is 1.87. The molecule has 0 rings (SSSR count). The van der Waals surface area contributed by atoms with Crippen LogP contribution in [-0.2, 0) is 9.47 Å². The molecular weight excluding hydrogens is 291 g/mol. The molecule has 0 N–H and O–H groups in total. The highest BCUT2D eigenvalue weighted by molar-refractivity contribution is 5.08. The molecule has 0 aromatic carbocycles. The van der Waals surface area contributed by atoms with Crippen molar-refractivity contribution >= 4 is 0 Å². The van der Waals surface area contributed by atoms with Crippen LogP contribution in [0, 0.1) is 16.7 Å². The van der Waals surface area contributed by atoms with Gasteiger partial charge in [0.05, 0.1) is 19.8 Å². The second-order valence-corrected chi connectivity index (χ2v) is 8.68. The van der Waals surface area contributed by atoms with Gasteiger partial charge in [-0.05, 0) is 24.3 Å². The molecule has 1 unspecified atom stereocenters. The lowest BCUT2D eigenvalue weighted by molar-refractivity contribution is -0.0132. The Morgan fingerprint density at radius 1 is 1.09 bits per heavy atom. The maximum Gasteiger partial charge on any atom is 0.160 e. The third kappa shape index (κ3) is 10.5. The van der Waals surface area contributed by atoms with Crippen molar-refractivity contribution in [2.45, 2.75) is 68.0 Å². The maximum atomic E-state index is 14.4. The first kappa shape index (κ1) is 22.2. The van der Waals surface area contributed by atoms with Crippen LogP contribution in [0.15, 0.2) is 24.0 Å². The highest BCUT2D eigenvalue weighted by atomic mass is 19.1. The van der Waals surface area contributed by atoms with E-state index in [2.05, 4.69) is 41.2 Å². The van der Waals surface area contributed by atoms with Gasteiger partial charge in [-0.3, -0.25) is 0 Å². The van der Waals surface area contributed by atoms with Gasteiger partial charge in [0.25, 0.3) is 0 Å². The molecule has 136 valence electrons. The van der Waals surface area contributed by atoms with Crippen molar-refractivity contribution in [3.63, 3.8) is 0 Å². The van der Waals surface area contributed by atoms with Gasteiger partial charge in [0.1, 0.15) is 5.76 Å². The van der Waals surface area contributed by atoms with Crippen LogP contribution in [-0.4, -0.2) is 26.0 Å². The smallest absolute Gasteiger partial charge is 0.160 e. The van der Waals surface area contributed by atoms with E-state index in [1.807, 2.05) is 20.8 Å². The van der Waals surface area contributed by atoms with E-state index in [1.165, 1.54) is 0 Å². The summed E-state index contributed by atoms with van der Waals surface area (Å²) in [5.41, 5.74) is 0.897. The molecule has 3 heteroatoms. The van der Waals surface area contributed by atoms with Crippen molar-refractivity contribution < 1.29 is 13.9 Å². The normalized spacial score (nSPS) is 15.0. The minimum atomic E-state index is -1.12. The van der Waals surface area contributed by atoms with Crippen molar-refractivity contribution in [1.29, 1.82) is 0 Å². The number of allylic oxidation sites excluding steroid dienone is 3.